The molecule has 162 valence electrons. The Morgan fingerprint density at radius 2 is 1.63 bits per heavy atom. The molecule has 7 heteroatoms. The number of hydrogen-bond donors (Lipinski definition) is 0. The number of carbonyl (C=O) groups is 2. The second-order valence-corrected chi connectivity index (χ2v) is 9.69. The number of carbonyl (C=O) groups excluding carboxylic acids is 2. The van der Waals surface area contributed by atoms with Crippen LogP contribution in [0.15, 0.2) is 24.3 Å². The predicted octanol–water partition coefficient (Wildman–Crippen LogP) is 1.65. The van der Waals surface area contributed by atoms with Gasteiger partial charge in [0.25, 0.3) is 5.79 Å². The van der Waals surface area contributed by atoms with Crippen LogP contribution in [0.3, 0.4) is 0 Å². The van der Waals surface area contributed by atoms with Crippen LogP contribution in [0, 0.1) is 5.41 Å². The minimum absolute atomic E-state index is 0.281. The molecule has 0 aliphatic carbocycles. The van der Waals surface area contributed by atoms with Crippen LogP contribution in [0.5, 0.6) is 0 Å². The third-order valence-corrected chi connectivity index (χ3v) is 7.36. The summed E-state index contributed by atoms with van der Waals surface area (Å²) in [5, 5.41) is 0. The van der Waals surface area contributed by atoms with Crippen molar-refractivity contribution in [1.29, 1.82) is 0 Å². The molecule has 4 heterocycles. The van der Waals surface area contributed by atoms with E-state index in [1.54, 1.807) is 13.8 Å². The lowest BCUT2D eigenvalue weighted by Crippen LogP contribution is -2.71. The first kappa shape index (κ1) is 19.8. The molecule has 0 bridgehead atoms. The van der Waals surface area contributed by atoms with E-state index in [1.165, 1.54) is 0 Å². The van der Waals surface area contributed by atoms with Crippen molar-refractivity contribution in [3.8, 4) is 0 Å². The largest absolute Gasteiger partial charge is 0.422 e. The molecule has 7 nitrogen and oxygen atoms in total. The first-order valence-electron chi connectivity index (χ1n) is 11.0. The third kappa shape index (κ3) is 3.02. The van der Waals surface area contributed by atoms with Gasteiger partial charge in [0.1, 0.15) is 0 Å². The molecule has 5 rings (SSSR count). The Morgan fingerprint density at radius 1 is 0.967 bits per heavy atom. The third-order valence-electron chi connectivity index (χ3n) is 7.36. The first-order chi connectivity index (χ1) is 14.3. The van der Waals surface area contributed by atoms with Crippen LogP contribution in [0.4, 0.5) is 5.69 Å². The molecule has 0 radical (unpaired) electrons. The van der Waals surface area contributed by atoms with Crippen molar-refractivity contribution in [3.05, 3.63) is 29.8 Å². The molecular weight excluding hydrogens is 382 g/mol. The minimum atomic E-state index is -1.31. The number of nitrogens with zero attached hydrogens (tertiary/aromatic N) is 3. The van der Waals surface area contributed by atoms with Gasteiger partial charge in [0.05, 0.1) is 6.04 Å². The number of cyclic esters (lactones) is 2. The smallest absolute Gasteiger partial charge is 0.329 e. The molecule has 1 spiro atoms. The van der Waals surface area contributed by atoms with Crippen molar-refractivity contribution >= 4 is 17.6 Å². The summed E-state index contributed by atoms with van der Waals surface area (Å²) in [4.78, 5) is 33.9. The van der Waals surface area contributed by atoms with Crippen LogP contribution in [-0.2, 0) is 25.5 Å². The molecule has 0 amide bonds. The van der Waals surface area contributed by atoms with Crippen LogP contribution in [-0.4, -0.2) is 79.4 Å². The van der Waals surface area contributed by atoms with Gasteiger partial charge >= 0.3 is 11.9 Å². The number of rotatable bonds is 1. The molecule has 4 aliphatic heterocycles. The highest BCUT2D eigenvalue weighted by atomic mass is 16.7. The highest BCUT2D eigenvalue weighted by molar-refractivity contribution is 6.04. The molecule has 1 aromatic carbocycles. The molecule has 4 aliphatic rings. The van der Waals surface area contributed by atoms with Gasteiger partial charge < -0.3 is 19.3 Å². The molecule has 0 aromatic heterocycles. The van der Waals surface area contributed by atoms with E-state index in [1.807, 2.05) is 18.2 Å². The van der Waals surface area contributed by atoms with E-state index < -0.39 is 23.1 Å². The highest BCUT2D eigenvalue weighted by Gasteiger charge is 2.64. The fourth-order valence-corrected chi connectivity index (χ4v) is 5.71. The van der Waals surface area contributed by atoms with E-state index in [0.717, 1.165) is 50.3 Å². The minimum Gasteiger partial charge on any atom is -0.422 e. The van der Waals surface area contributed by atoms with Crippen molar-refractivity contribution in [2.45, 2.75) is 51.0 Å². The number of hydrogen-bond acceptors (Lipinski definition) is 7. The van der Waals surface area contributed by atoms with Crippen LogP contribution in [0.25, 0.3) is 0 Å². The van der Waals surface area contributed by atoms with Crippen LogP contribution < -0.4 is 4.90 Å². The van der Waals surface area contributed by atoms with Crippen LogP contribution in [0.2, 0.25) is 0 Å². The van der Waals surface area contributed by atoms with Crippen molar-refractivity contribution in [2.75, 3.05) is 44.7 Å². The summed E-state index contributed by atoms with van der Waals surface area (Å²) in [6.07, 6.45) is 2.57. The van der Waals surface area contributed by atoms with Crippen molar-refractivity contribution < 1.29 is 19.1 Å². The molecule has 1 unspecified atom stereocenters. The van der Waals surface area contributed by atoms with Gasteiger partial charge in [-0.2, -0.15) is 0 Å². The SMILES string of the molecule is CN1CCC(N2CCN3c4ccccc4CC4(C(=O)OC(C)(C)OC4=O)C3C2)CC1. The Balaban J connectivity index is 1.52. The number of esters is 2. The lowest BCUT2D eigenvalue weighted by molar-refractivity contribution is -0.253. The fourth-order valence-electron chi connectivity index (χ4n) is 5.71. The molecule has 0 saturated carbocycles. The van der Waals surface area contributed by atoms with Crippen molar-refractivity contribution in [3.63, 3.8) is 0 Å². The van der Waals surface area contributed by atoms with Gasteiger partial charge in [-0.3, -0.25) is 14.5 Å². The highest BCUT2D eigenvalue weighted by Crippen LogP contribution is 2.48. The number of para-hydroxylation sites is 1. The number of fused-ring (bicyclic) bond motifs is 4. The molecule has 3 saturated heterocycles. The fraction of sp³-hybridized carbons (Fsp3) is 0.652. The van der Waals surface area contributed by atoms with Gasteiger partial charge in [-0.1, -0.05) is 18.2 Å². The van der Waals surface area contributed by atoms with Gasteiger partial charge in [0.15, 0.2) is 5.41 Å². The molecule has 0 N–H and O–H groups in total. The normalized spacial score (nSPS) is 29.2. The predicted molar refractivity (Wildman–Crippen MR) is 112 cm³/mol. The monoisotopic (exact) mass is 413 g/mol. The summed E-state index contributed by atoms with van der Waals surface area (Å²) in [6, 6.07) is 8.31. The Kier molecular flexibility index (Phi) is 4.59. The van der Waals surface area contributed by atoms with Gasteiger partial charge in [-0.15, -0.1) is 0 Å². The van der Waals surface area contributed by atoms with Gasteiger partial charge in [-0.25, -0.2) is 0 Å². The molecule has 3 fully saturated rings. The average molecular weight is 414 g/mol. The van der Waals surface area contributed by atoms with E-state index in [0.29, 0.717) is 19.0 Å². The molecule has 30 heavy (non-hydrogen) atoms. The quantitative estimate of drug-likeness (QED) is 0.512. The zero-order valence-electron chi connectivity index (χ0n) is 18.1. The standard InChI is InChI=1S/C23H31N3O4/c1-22(2)29-20(27)23(21(28)30-22)14-16-6-4-5-7-18(16)26-13-12-25(15-19(23)26)17-8-10-24(3)11-9-17/h4-7,17,19H,8-15H2,1-3H3. The lowest BCUT2D eigenvalue weighted by atomic mass is 9.69. The van der Waals surface area contributed by atoms with Crippen molar-refractivity contribution in [2.24, 2.45) is 5.41 Å². The number of likely N-dealkylation sites (tertiary alicyclic amines) is 1. The Labute approximate surface area is 177 Å². The van der Waals surface area contributed by atoms with E-state index >= 15 is 0 Å². The number of piperazine rings is 1. The second kappa shape index (κ2) is 6.95. The number of benzene rings is 1. The zero-order valence-corrected chi connectivity index (χ0v) is 18.1. The summed E-state index contributed by atoms with van der Waals surface area (Å²) < 4.78 is 11.3. The summed E-state index contributed by atoms with van der Waals surface area (Å²) in [5.41, 5.74) is 0.824. The zero-order chi connectivity index (χ0) is 21.1. The average Bonchev–Trinajstić information content (AvgIpc) is 2.71. The van der Waals surface area contributed by atoms with E-state index in [-0.39, 0.29) is 6.04 Å². The van der Waals surface area contributed by atoms with Gasteiger partial charge in [0, 0.05) is 51.6 Å². The van der Waals surface area contributed by atoms with Crippen LogP contribution >= 0.6 is 0 Å². The van der Waals surface area contributed by atoms with E-state index in [9.17, 15) is 9.59 Å². The summed E-state index contributed by atoms with van der Waals surface area (Å²) in [5.74, 6) is -2.11. The Morgan fingerprint density at radius 3 is 2.33 bits per heavy atom. The van der Waals surface area contributed by atoms with Gasteiger partial charge in [-0.05, 0) is 44.6 Å². The molecule has 1 atom stereocenters. The lowest BCUT2D eigenvalue weighted by Gasteiger charge is -2.56. The molecule has 1 aromatic rings. The van der Waals surface area contributed by atoms with Gasteiger partial charge in [0.2, 0.25) is 0 Å². The summed E-state index contributed by atoms with van der Waals surface area (Å²) >= 11 is 0. The summed E-state index contributed by atoms with van der Waals surface area (Å²) in [7, 11) is 2.16. The Hall–Kier alpha value is -2.12. The first-order valence-corrected chi connectivity index (χ1v) is 11.0. The van der Waals surface area contributed by atoms with E-state index in [2.05, 4.69) is 27.8 Å². The summed E-state index contributed by atoms with van der Waals surface area (Å²) in [6.45, 7) is 7.81. The van der Waals surface area contributed by atoms with Crippen molar-refractivity contribution in [1.82, 2.24) is 9.80 Å². The maximum Gasteiger partial charge on any atom is 0.329 e. The number of piperidine rings is 1. The van der Waals surface area contributed by atoms with E-state index in [4.69, 9.17) is 9.47 Å². The topological polar surface area (TPSA) is 62.3 Å². The number of ether oxygens (including phenoxy) is 2. The van der Waals surface area contributed by atoms with Crippen LogP contribution in [0.1, 0.15) is 32.3 Å². The second-order valence-electron chi connectivity index (χ2n) is 9.69. The molecular formula is C23H31N3O4. The maximum atomic E-state index is 13.4. The maximum absolute atomic E-state index is 13.4. The number of anilines is 1. The Bertz CT molecular complexity index is 842.